The first-order chi connectivity index (χ1) is 7.90. The summed E-state index contributed by atoms with van der Waals surface area (Å²) in [5, 5.41) is 0. The van der Waals surface area contributed by atoms with Crippen LogP contribution >= 0.6 is 24.4 Å². The Morgan fingerprint density at radius 2 is 1.38 bits per heavy atom. The van der Waals surface area contributed by atoms with E-state index in [0.29, 0.717) is 5.88 Å². The molecular weight excluding hydrogens is 234 g/mol. The molecule has 0 atom stereocenters. The van der Waals surface area contributed by atoms with Crippen molar-refractivity contribution in [3.05, 3.63) is 48.5 Å². The maximum atomic E-state index is 4.43. The minimum atomic E-state index is 0.703. The zero-order valence-electron chi connectivity index (χ0n) is 8.63. The molecular formula is C13H11NS2. The molecule has 0 spiro atoms. The fourth-order valence-corrected chi connectivity index (χ4v) is 3.33. The van der Waals surface area contributed by atoms with Crippen LogP contribution in [0.2, 0.25) is 0 Å². The highest BCUT2D eigenvalue weighted by Crippen LogP contribution is 2.47. The molecule has 0 N–H and O–H groups in total. The summed E-state index contributed by atoms with van der Waals surface area (Å²) in [6, 6.07) is 16.9. The van der Waals surface area contributed by atoms with Crippen molar-refractivity contribution in [2.75, 3.05) is 10.8 Å². The number of benzene rings is 2. The van der Waals surface area contributed by atoms with Gasteiger partial charge in [0.05, 0.1) is 17.3 Å². The average Bonchev–Trinajstić information content (AvgIpc) is 2.36. The monoisotopic (exact) mass is 245 g/mol. The topological polar surface area (TPSA) is 3.24 Å². The number of rotatable bonds is 1. The number of nitrogens with zero attached hydrogens (tertiary/aromatic N) is 1. The van der Waals surface area contributed by atoms with Gasteiger partial charge in [0, 0.05) is 9.79 Å². The highest BCUT2D eigenvalue weighted by atomic mass is 32.2. The first-order valence-corrected chi connectivity index (χ1v) is 6.59. The van der Waals surface area contributed by atoms with Crippen LogP contribution in [0.25, 0.3) is 0 Å². The Labute approximate surface area is 105 Å². The summed E-state index contributed by atoms with van der Waals surface area (Å²) in [6.07, 6.45) is 0. The van der Waals surface area contributed by atoms with Gasteiger partial charge >= 0.3 is 0 Å². The van der Waals surface area contributed by atoms with Crippen molar-refractivity contribution < 1.29 is 0 Å². The average molecular weight is 245 g/mol. The van der Waals surface area contributed by atoms with Gasteiger partial charge in [0.2, 0.25) is 0 Å². The largest absolute Gasteiger partial charge is 0.330 e. The van der Waals surface area contributed by atoms with Crippen LogP contribution in [0, 0.1) is 0 Å². The van der Waals surface area contributed by atoms with Gasteiger partial charge in [-0.05, 0) is 24.3 Å². The molecule has 0 saturated heterocycles. The summed E-state index contributed by atoms with van der Waals surface area (Å²) in [7, 11) is 0. The van der Waals surface area contributed by atoms with Crippen molar-refractivity contribution in [2.24, 2.45) is 0 Å². The molecule has 0 bridgehead atoms. The van der Waals surface area contributed by atoms with Crippen LogP contribution in [0.5, 0.6) is 0 Å². The van der Waals surface area contributed by atoms with Gasteiger partial charge in [-0.25, -0.2) is 0 Å². The zero-order chi connectivity index (χ0) is 11.0. The quantitative estimate of drug-likeness (QED) is 0.751. The highest BCUT2D eigenvalue weighted by molar-refractivity contribution is 7.99. The molecule has 0 unspecified atom stereocenters. The van der Waals surface area contributed by atoms with E-state index in [1.54, 1.807) is 0 Å². The lowest BCUT2D eigenvalue weighted by atomic mass is 10.2. The number of hydrogen-bond acceptors (Lipinski definition) is 3. The third-order valence-corrected chi connectivity index (χ3v) is 4.09. The lowest BCUT2D eigenvalue weighted by molar-refractivity contribution is 1.09. The second kappa shape index (κ2) is 4.07. The van der Waals surface area contributed by atoms with Crippen LogP contribution in [0.4, 0.5) is 11.4 Å². The maximum Gasteiger partial charge on any atom is 0.0659 e. The molecule has 2 aromatic rings. The smallest absolute Gasteiger partial charge is 0.0659 e. The van der Waals surface area contributed by atoms with E-state index in [2.05, 4.69) is 66.1 Å². The molecule has 3 heteroatoms. The highest BCUT2D eigenvalue weighted by Gasteiger charge is 2.21. The van der Waals surface area contributed by atoms with Crippen LogP contribution in [-0.4, -0.2) is 5.88 Å². The van der Waals surface area contributed by atoms with Crippen molar-refractivity contribution in [3.63, 3.8) is 0 Å². The molecule has 3 rings (SSSR count). The molecule has 0 aromatic heterocycles. The van der Waals surface area contributed by atoms with E-state index in [9.17, 15) is 0 Å². The SMILES string of the molecule is SCN1c2ccccc2Sc2ccccc21. The third-order valence-electron chi connectivity index (χ3n) is 2.67. The fraction of sp³-hybridized carbons (Fsp3) is 0.0769. The zero-order valence-corrected chi connectivity index (χ0v) is 10.3. The summed E-state index contributed by atoms with van der Waals surface area (Å²) in [4.78, 5) is 4.84. The molecule has 0 radical (unpaired) electrons. The molecule has 1 heterocycles. The van der Waals surface area contributed by atoms with Crippen LogP contribution in [-0.2, 0) is 0 Å². The van der Waals surface area contributed by atoms with Crippen LogP contribution < -0.4 is 4.90 Å². The van der Waals surface area contributed by atoms with Crippen LogP contribution in [0.1, 0.15) is 0 Å². The molecule has 0 amide bonds. The van der Waals surface area contributed by atoms with Gasteiger partial charge in [-0.3, -0.25) is 0 Å². The van der Waals surface area contributed by atoms with Crippen molar-refractivity contribution in [1.82, 2.24) is 0 Å². The Hall–Kier alpha value is -1.06. The maximum absolute atomic E-state index is 4.43. The second-order valence-corrected chi connectivity index (χ2v) is 4.97. The Kier molecular flexibility index (Phi) is 2.58. The lowest BCUT2D eigenvalue weighted by Crippen LogP contribution is -2.18. The van der Waals surface area contributed by atoms with E-state index in [-0.39, 0.29) is 0 Å². The van der Waals surface area contributed by atoms with Crippen molar-refractivity contribution in [2.45, 2.75) is 9.79 Å². The molecule has 0 aliphatic carbocycles. The summed E-state index contributed by atoms with van der Waals surface area (Å²) in [5.41, 5.74) is 2.50. The van der Waals surface area contributed by atoms with Gasteiger partial charge < -0.3 is 4.90 Å². The Morgan fingerprint density at radius 3 is 1.88 bits per heavy atom. The van der Waals surface area contributed by atoms with Gasteiger partial charge in [0.1, 0.15) is 0 Å². The van der Waals surface area contributed by atoms with Gasteiger partial charge in [0.15, 0.2) is 0 Å². The van der Waals surface area contributed by atoms with Gasteiger partial charge in [-0.15, -0.1) is 0 Å². The molecule has 0 saturated carbocycles. The normalized spacial score (nSPS) is 13.2. The fourth-order valence-electron chi connectivity index (χ4n) is 1.93. The Bertz CT molecular complexity index is 479. The molecule has 0 fully saturated rings. The predicted octanol–water partition coefficient (Wildman–Crippen LogP) is 4.18. The van der Waals surface area contributed by atoms with Gasteiger partial charge in [-0.1, -0.05) is 36.0 Å². The number of anilines is 2. The lowest BCUT2D eigenvalue weighted by Gasteiger charge is -2.31. The van der Waals surface area contributed by atoms with E-state index in [1.165, 1.54) is 21.2 Å². The molecule has 1 aliphatic heterocycles. The minimum Gasteiger partial charge on any atom is -0.330 e. The van der Waals surface area contributed by atoms with E-state index in [0.717, 1.165) is 0 Å². The molecule has 1 aliphatic rings. The molecule has 1 nitrogen and oxygen atoms in total. The van der Waals surface area contributed by atoms with Crippen molar-refractivity contribution in [1.29, 1.82) is 0 Å². The van der Waals surface area contributed by atoms with Crippen molar-refractivity contribution >= 4 is 35.8 Å². The number of thiol groups is 1. The molecule has 80 valence electrons. The number of fused-ring (bicyclic) bond motifs is 2. The summed E-state index contributed by atoms with van der Waals surface area (Å²) >= 11 is 6.26. The van der Waals surface area contributed by atoms with E-state index in [1.807, 2.05) is 11.8 Å². The molecule has 16 heavy (non-hydrogen) atoms. The number of hydrogen-bond donors (Lipinski definition) is 1. The van der Waals surface area contributed by atoms with E-state index >= 15 is 0 Å². The number of para-hydroxylation sites is 2. The van der Waals surface area contributed by atoms with Crippen molar-refractivity contribution in [3.8, 4) is 0 Å². The summed E-state index contributed by atoms with van der Waals surface area (Å²) in [6.45, 7) is 0. The van der Waals surface area contributed by atoms with Crippen LogP contribution in [0.15, 0.2) is 58.3 Å². The minimum absolute atomic E-state index is 0.703. The third kappa shape index (κ3) is 1.51. The second-order valence-electron chi connectivity index (χ2n) is 3.61. The van der Waals surface area contributed by atoms with E-state index < -0.39 is 0 Å². The first-order valence-electron chi connectivity index (χ1n) is 5.14. The van der Waals surface area contributed by atoms with Crippen LogP contribution in [0.3, 0.4) is 0 Å². The Balaban J connectivity index is 2.19. The van der Waals surface area contributed by atoms with Gasteiger partial charge in [0.25, 0.3) is 0 Å². The summed E-state index contributed by atoms with van der Waals surface area (Å²) < 4.78 is 0. The van der Waals surface area contributed by atoms with Gasteiger partial charge in [-0.2, -0.15) is 12.6 Å². The molecule has 2 aromatic carbocycles. The predicted molar refractivity (Wildman–Crippen MR) is 73.0 cm³/mol. The Morgan fingerprint density at radius 1 is 0.875 bits per heavy atom. The summed E-state index contributed by atoms with van der Waals surface area (Å²) in [5.74, 6) is 0.703. The standard InChI is InChI=1S/C13H11NS2/c15-9-14-10-5-1-3-7-12(10)16-13-8-4-2-6-11(13)14/h1-8,15H,9H2. The first kappa shape index (κ1) is 10.1. The van der Waals surface area contributed by atoms with E-state index in [4.69, 9.17) is 0 Å².